The first-order valence-corrected chi connectivity index (χ1v) is 8.03. The lowest BCUT2D eigenvalue weighted by Gasteiger charge is -2.18. The predicted octanol–water partition coefficient (Wildman–Crippen LogP) is 3.47. The van der Waals surface area contributed by atoms with Crippen molar-refractivity contribution in [3.8, 4) is 0 Å². The average Bonchev–Trinajstić information content (AvgIpc) is 2.38. The van der Waals surface area contributed by atoms with Crippen LogP contribution in [0.5, 0.6) is 0 Å². The first-order chi connectivity index (χ1) is 9.04. The molecule has 19 heavy (non-hydrogen) atoms. The zero-order valence-electron chi connectivity index (χ0n) is 11.5. The molecule has 1 aromatic carbocycles. The van der Waals surface area contributed by atoms with Gasteiger partial charge in [0.15, 0.2) is 0 Å². The van der Waals surface area contributed by atoms with E-state index >= 15 is 0 Å². The van der Waals surface area contributed by atoms with Crippen molar-refractivity contribution >= 4 is 33.7 Å². The van der Waals surface area contributed by atoms with E-state index in [1.165, 1.54) is 12.0 Å². The fourth-order valence-corrected chi connectivity index (χ4v) is 3.24. The maximum Gasteiger partial charge on any atom is 0.322 e. The first-order valence-electron chi connectivity index (χ1n) is 6.25. The third kappa shape index (κ3) is 5.97. The molecule has 1 unspecified atom stereocenters. The van der Waals surface area contributed by atoms with E-state index in [1.807, 2.05) is 32.0 Å². The Labute approximate surface area is 127 Å². The SMILES string of the molecule is COC(=O)C(CCSc1ccccc1Br)NC(C)C. The lowest BCUT2D eigenvalue weighted by molar-refractivity contribution is -0.143. The fourth-order valence-electron chi connectivity index (χ4n) is 1.66. The molecule has 1 aromatic rings. The zero-order chi connectivity index (χ0) is 14.3. The van der Waals surface area contributed by atoms with Gasteiger partial charge >= 0.3 is 5.97 Å². The summed E-state index contributed by atoms with van der Waals surface area (Å²) in [7, 11) is 1.43. The Morgan fingerprint density at radius 3 is 2.68 bits per heavy atom. The van der Waals surface area contributed by atoms with E-state index in [-0.39, 0.29) is 18.1 Å². The smallest absolute Gasteiger partial charge is 0.322 e. The highest BCUT2D eigenvalue weighted by Crippen LogP contribution is 2.27. The Morgan fingerprint density at radius 2 is 2.11 bits per heavy atom. The second-order valence-electron chi connectivity index (χ2n) is 4.46. The maximum atomic E-state index is 11.7. The van der Waals surface area contributed by atoms with Gasteiger partial charge in [-0.15, -0.1) is 11.8 Å². The topological polar surface area (TPSA) is 38.3 Å². The van der Waals surface area contributed by atoms with Gasteiger partial charge in [-0.2, -0.15) is 0 Å². The van der Waals surface area contributed by atoms with E-state index in [0.717, 1.165) is 16.6 Å². The molecule has 0 saturated carbocycles. The van der Waals surface area contributed by atoms with Crippen LogP contribution in [0, 0.1) is 0 Å². The number of carbonyl (C=O) groups is 1. The maximum absolute atomic E-state index is 11.7. The van der Waals surface area contributed by atoms with Gasteiger partial charge in [-0.1, -0.05) is 26.0 Å². The van der Waals surface area contributed by atoms with Crippen LogP contribution in [-0.2, 0) is 9.53 Å². The quantitative estimate of drug-likeness (QED) is 0.606. The van der Waals surface area contributed by atoms with Crippen LogP contribution >= 0.6 is 27.7 Å². The summed E-state index contributed by atoms with van der Waals surface area (Å²) in [6.45, 7) is 4.05. The number of thioether (sulfide) groups is 1. The normalized spacial score (nSPS) is 12.5. The third-order valence-electron chi connectivity index (χ3n) is 2.52. The van der Waals surface area contributed by atoms with Crippen molar-refractivity contribution in [2.24, 2.45) is 0 Å². The van der Waals surface area contributed by atoms with E-state index < -0.39 is 0 Å². The van der Waals surface area contributed by atoms with Gasteiger partial charge in [0.1, 0.15) is 6.04 Å². The molecule has 0 fully saturated rings. The zero-order valence-corrected chi connectivity index (χ0v) is 13.9. The number of nitrogens with one attached hydrogen (secondary N) is 1. The average molecular weight is 346 g/mol. The van der Waals surface area contributed by atoms with Crippen molar-refractivity contribution in [2.75, 3.05) is 12.9 Å². The molecule has 5 heteroatoms. The standard InChI is InChI=1S/C14H20BrNO2S/c1-10(2)16-12(14(17)18-3)8-9-19-13-7-5-4-6-11(13)15/h4-7,10,12,16H,8-9H2,1-3H3. The second kappa shape index (κ2) is 8.61. The van der Waals surface area contributed by atoms with Crippen molar-refractivity contribution in [3.63, 3.8) is 0 Å². The Balaban J connectivity index is 2.48. The number of benzene rings is 1. The summed E-state index contributed by atoms with van der Waals surface area (Å²) in [5, 5.41) is 3.23. The molecule has 0 aliphatic carbocycles. The van der Waals surface area contributed by atoms with Gasteiger partial charge in [-0.3, -0.25) is 4.79 Å². The van der Waals surface area contributed by atoms with Gasteiger partial charge in [0, 0.05) is 21.2 Å². The highest BCUT2D eigenvalue weighted by molar-refractivity contribution is 9.10. The fraction of sp³-hybridized carbons (Fsp3) is 0.500. The summed E-state index contributed by atoms with van der Waals surface area (Å²) in [6.07, 6.45) is 0.747. The molecule has 1 N–H and O–H groups in total. The molecule has 0 radical (unpaired) electrons. The van der Waals surface area contributed by atoms with Crippen molar-refractivity contribution in [1.29, 1.82) is 0 Å². The summed E-state index contributed by atoms with van der Waals surface area (Å²) < 4.78 is 5.91. The monoisotopic (exact) mass is 345 g/mol. The van der Waals surface area contributed by atoms with Crippen LogP contribution in [0.2, 0.25) is 0 Å². The second-order valence-corrected chi connectivity index (χ2v) is 6.46. The number of rotatable bonds is 7. The summed E-state index contributed by atoms with van der Waals surface area (Å²) >= 11 is 5.25. The van der Waals surface area contributed by atoms with Crippen LogP contribution in [0.25, 0.3) is 0 Å². The molecule has 0 spiro atoms. The lowest BCUT2D eigenvalue weighted by Crippen LogP contribution is -2.41. The molecule has 106 valence electrons. The molecule has 0 aliphatic rings. The summed E-state index contributed by atoms with van der Waals surface area (Å²) in [4.78, 5) is 12.8. The highest BCUT2D eigenvalue weighted by Gasteiger charge is 2.19. The number of carbonyl (C=O) groups excluding carboxylic acids is 1. The van der Waals surface area contributed by atoms with Gasteiger partial charge in [0.25, 0.3) is 0 Å². The Hall–Kier alpha value is -0.520. The van der Waals surface area contributed by atoms with Crippen LogP contribution in [0.4, 0.5) is 0 Å². The molecule has 0 saturated heterocycles. The number of esters is 1. The number of ether oxygens (including phenoxy) is 1. The van der Waals surface area contributed by atoms with Crippen molar-refractivity contribution in [2.45, 2.75) is 37.2 Å². The van der Waals surface area contributed by atoms with Crippen LogP contribution < -0.4 is 5.32 Å². The van der Waals surface area contributed by atoms with Crippen LogP contribution in [0.15, 0.2) is 33.6 Å². The lowest BCUT2D eigenvalue weighted by atomic mass is 10.2. The molecule has 1 atom stereocenters. The number of methoxy groups -OCH3 is 1. The summed E-state index contributed by atoms with van der Waals surface area (Å²) in [5.41, 5.74) is 0. The Bertz CT molecular complexity index is 412. The highest BCUT2D eigenvalue weighted by atomic mass is 79.9. The van der Waals surface area contributed by atoms with E-state index in [2.05, 4.69) is 27.3 Å². The molecular formula is C14H20BrNO2S. The number of halogens is 1. The molecule has 0 amide bonds. The summed E-state index contributed by atoms with van der Waals surface area (Å²) in [5.74, 6) is 0.670. The van der Waals surface area contributed by atoms with E-state index in [4.69, 9.17) is 4.74 Å². The minimum atomic E-state index is -0.236. The minimum Gasteiger partial charge on any atom is -0.468 e. The third-order valence-corrected chi connectivity index (χ3v) is 4.58. The van der Waals surface area contributed by atoms with Crippen molar-refractivity contribution in [3.05, 3.63) is 28.7 Å². The predicted molar refractivity (Wildman–Crippen MR) is 83.6 cm³/mol. The van der Waals surface area contributed by atoms with Gasteiger partial charge in [-0.25, -0.2) is 0 Å². The van der Waals surface area contributed by atoms with E-state index in [9.17, 15) is 4.79 Å². The van der Waals surface area contributed by atoms with E-state index in [0.29, 0.717) is 0 Å². The summed E-state index contributed by atoms with van der Waals surface area (Å²) in [6, 6.07) is 8.12. The number of hydrogen-bond donors (Lipinski definition) is 1. The molecule has 0 aliphatic heterocycles. The molecule has 3 nitrogen and oxygen atoms in total. The largest absolute Gasteiger partial charge is 0.468 e. The number of hydrogen-bond acceptors (Lipinski definition) is 4. The molecule has 0 bridgehead atoms. The van der Waals surface area contributed by atoms with E-state index in [1.54, 1.807) is 11.8 Å². The Morgan fingerprint density at radius 1 is 1.42 bits per heavy atom. The van der Waals surface area contributed by atoms with Gasteiger partial charge in [0.05, 0.1) is 7.11 Å². The van der Waals surface area contributed by atoms with Crippen molar-refractivity contribution in [1.82, 2.24) is 5.32 Å². The Kier molecular flexibility index (Phi) is 7.49. The van der Waals surface area contributed by atoms with Gasteiger partial charge in [0.2, 0.25) is 0 Å². The molecular weight excluding hydrogens is 326 g/mol. The molecule has 0 heterocycles. The van der Waals surface area contributed by atoms with Crippen LogP contribution in [0.3, 0.4) is 0 Å². The van der Waals surface area contributed by atoms with Crippen molar-refractivity contribution < 1.29 is 9.53 Å². The van der Waals surface area contributed by atoms with Crippen LogP contribution in [-0.4, -0.2) is 30.9 Å². The molecule has 1 rings (SSSR count). The molecule has 0 aromatic heterocycles. The van der Waals surface area contributed by atoms with Gasteiger partial charge in [-0.05, 0) is 34.5 Å². The van der Waals surface area contributed by atoms with Gasteiger partial charge < -0.3 is 10.1 Å². The first kappa shape index (κ1) is 16.5. The van der Waals surface area contributed by atoms with Crippen LogP contribution in [0.1, 0.15) is 20.3 Å². The minimum absolute atomic E-state index is 0.193.